The first-order chi connectivity index (χ1) is 13.3. The monoisotopic (exact) mass is 491 g/mol. The number of halogens is 1. The molecule has 0 spiro atoms. The number of nitrogens with zero attached hydrogens (tertiary/aromatic N) is 3. The first kappa shape index (κ1) is 21.7. The number of imidazole rings is 1. The number of nitrogens with one attached hydrogen (secondary N) is 2. The van der Waals surface area contributed by atoms with Crippen molar-refractivity contribution in [2.24, 2.45) is 4.99 Å². The van der Waals surface area contributed by atoms with Crippen molar-refractivity contribution in [2.45, 2.75) is 19.6 Å². The molecule has 7 heteroatoms. The van der Waals surface area contributed by atoms with E-state index in [4.69, 9.17) is 4.74 Å². The normalized spacial score (nSPS) is 10.9. The highest BCUT2D eigenvalue weighted by Crippen LogP contribution is 2.12. The predicted octanol–water partition coefficient (Wildman–Crippen LogP) is 3.42. The van der Waals surface area contributed by atoms with Crippen LogP contribution in [0, 0.1) is 0 Å². The highest BCUT2D eigenvalue weighted by molar-refractivity contribution is 14.0. The lowest BCUT2D eigenvalue weighted by atomic mass is 10.1. The quantitative estimate of drug-likeness (QED) is 0.302. The Morgan fingerprint density at radius 1 is 1.04 bits per heavy atom. The van der Waals surface area contributed by atoms with Crippen LogP contribution in [0.2, 0.25) is 0 Å². The molecule has 0 atom stereocenters. The van der Waals surface area contributed by atoms with Crippen molar-refractivity contribution in [1.82, 2.24) is 20.2 Å². The van der Waals surface area contributed by atoms with Gasteiger partial charge in [0.15, 0.2) is 5.96 Å². The first-order valence-corrected chi connectivity index (χ1v) is 8.88. The molecule has 0 aliphatic rings. The van der Waals surface area contributed by atoms with Crippen molar-refractivity contribution >= 4 is 29.9 Å². The Labute approximate surface area is 183 Å². The largest absolute Gasteiger partial charge is 0.497 e. The Morgan fingerprint density at radius 3 is 2.36 bits per heavy atom. The molecule has 3 aromatic rings. The molecule has 28 heavy (non-hydrogen) atoms. The van der Waals surface area contributed by atoms with Gasteiger partial charge in [-0.25, -0.2) is 4.98 Å². The van der Waals surface area contributed by atoms with E-state index in [9.17, 15) is 0 Å². The van der Waals surface area contributed by atoms with Crippen LogP contribution >= 0.6 is 24.0 Å². The molecule has 6 nitrogen and oxygen atoms in total. The van der Waals surface area contributed by atoms with Gasteiger partial charge in [0, 0.05) is 39.1 Å². The summed E-state index contributed by atoms with van der Waals surface area (Å²) in [6, 6.07) is 16.5. The second-order valence-corrected chi connectivity index (χ2v) is 6.19. The molecule has 2 aromatic carbocycles. The predicted molar refractivity (Wildman–Crippen MR) is 123 cm³/mol. The molecule has 0 amide bonds. The van der Waals surface area contributed by atoms with Gasteiger partial charge >= 0.3 is 0 Å². The van der Waals surface area contributed by atoms with Crippen LogP contribution < -0.4 is 15.4 Å². The van der Waals surface area contributed by atoms with Crippen molar-refractivity contribution in [1.29, 1.82) is 0 Å². The standard InChI is InChI=1S/C21H25N5O.HI/c1-22-21(25-14-18-6-4-8-20(12-18)27-2)24-13-17-5-3-7-19(11-17)15-26-10-9-23-16-26;/h3-12,16H,13-15H2,1-2H3,(H2,22,24,25);1H. The maximum Gasteiger partial charge on any atom is 0.191 e. The van der Waals surface area contributed by atoms with Crippen LogP contribution in [-0.2, 0) is 19.6 Å². The van der Waals surface area contributed by atoms with Gasteiger partial charge < -0.3 is 19.9 Å². The van der Waals surface area contributed by atoms with Gasteiger partial charge in [-0.2, -0.15) is 0 Å². The SMILES string of the molecule is CN=C(NCc1cccc(Cn2ccnc2)c1)NCc1cccc(OC)c1.I. The average Bonchev–Trinajstić information content (AvgIpc) is 3.21. The molecule has 0 saturated carbocycles. The summed E-state index contributed by atoms with van der Waals surface area (Å²) in [4.78, 5) is 8.38. The third kappa shape index (κ3) is 6.56. The average molecular weight is 491 g/mol. The number of benzene rings is 2. The van der Waals surface area contributed by atoms with Crippen LogP contribution in [-0.4, -0.2) is 29.7 Å². The van der Waals surface area contributed by atoms with E-state index in [0.717, 1.165) is 23.8 Å². The van der Waals surface area contributed by atoms with Gasteiger partial charge in [0.1, 0.15) is 5.75 Å². The summed E-state index contributed by atoms with van der Waals surface area (Å²) in [5.74, 6) is 1.62. The Hall–Kier alpha value is -2.55. The summed E-state index contributed by atoms with van der Waals surface area (Å²) >= 11 is 0. The van der Waals surface area contributed by atoms with E-state index >= 15 is 0 Å². The van der Waals surface area contributed by atoms with Gasteiger partial charge in [-0.1, -0.05) is 36.4 Å². The second kappa shape index (κ2) is 11.3. The number of aromatic nitrogens is 2. The minimum Gasteiger partial charge on any atom is -0.497 e. The molecule has 0 radical (unpaired) electrons. The van der Waals surface area contributed by atoms with Crippen LogP contribution in [0.5, 0.6) is 5.75 Å². The molecule has 2 N–H and O–H groups in total. The smallest absolute Gasteiger partial charge is 0.191 e. The van der Waals surface area contributed by atoms with Gasteiger partial charge in [-0.05, 0) is 28.8 Å². The van der Waals surface area contributed by atoms with Gasteiger partial charge in [0.25, 0.3) is 0 Å². The molecular weight excluding hydrogens is 465 g/mol. The van der Waals surface area contributed by atoms with Crippen molar-refractivity contribution in [3.63, 3.8) is 0 Å². The van der Waals surface area contributed by atoms with Crippen molar-refractivity contribution < 1.29 is 4.74 Å². The Bertz CT molecular complexity index is 880. The second-order valence-electron chi connectivity index (χ2n) is 6.19. The molecular formula is C21H26IN5O. The topological polar surface area (TPSA) is 63.5 Å². The molecule has 1 heterocycles. The van der Waals surface area contributed by atoms with Crippen molar-refractivity contribution in [3.8, 4) is 5.75 Å². The number of rotatable bonds is 7. The Balaban J connectivity index is 0.00000280. The van der Waals surface area contributed by atoms with E-state index in [-0.39, 0.29) is 24.0 Å². The van der Waals surface area contributed by atoms with Crippen LogP contribution in [0.1, 0.15) is 16.7 Å². The summed E-state index contributed by atoms with van der Waals surface area (Å²) in [6.45, 7) is 2.20. The van der Waals surface area contributed by atoms with Gasteiger partial charge in [0.05, 0.1) is 13.4 Å². The summed E-state index contributed by atoms with van der Waals surface area (Å²) < 4.78 is 7.32. The Kier molecular flexibility index (Phi) is 8.80. The summed E-state index contributed by atoms with van der Waals surface area (Å²) in [6.07, 6.45) is 5.59. The van der Waals surface area contributed by atoms with Gasteiger partial charge in [-0.15, -0.1) is 24.0 Å². The molecule has 0 aliphatic carbocycles. The van der Waals surface area contributed by atoms with Crippen LogP contribution in [0.3, 0.4) is 0 Å². The zero-order valence-electron chi connectivity index (χ0n) is 16.1. The third-order valence-corrected chi connectivity index (χ3v) is 4.19. The number of hydrogen-bond donors (Lipinski definition) is 2. The molecule has 0 aliphatic heterocycles. The number of ether oxygens (including phenoxy) is 1. The van der Waals surface area contributed by atoms with E-state index in [1.54, 1.807) is 20.4 Å². The lowest BCUT2D eigenvalue weighted by Gasteiger charge is -2.13. The van der Waals surface area contributed by atoms with Crippen LogP contribution in [0.25, 0.3) is 0 Å². The summed E-state index contributed by atoms with van der Waals surface area (Å²) in [5, 5.41) is 6.69. The van der Waals surface area contributed by atoms with E-state index < -0.39 is 0 Å². The molecule has 0 saturated heterocycles. The Morgan fingerprint density at radius 2 is 1.71 bits per heavy atom. The van der Waals surface area contributed by atoms with E-state index in [1.165, 1.54) is 11.1 Å². The minimum atomic E-state index is 0. The lowest BCUT2D eigenvalue weighted by Crippen LogP contribution is -2.36. The maximum atomic E-state index is 5.26. The van der Waals surface area contributed by atoms with Crippen LogP contribution in [0.4, 0.5) is 0 Å². The van der Waals surface area contributed by atoms with E-state index in [0.29, 0.717) is 13.1 Å². The molecule has 1 aromatic heterocycles. The zero-order chi connectivity index (χ0) is 18.9. The number of methoxy groups -OCH3 is 1. The third-order valence-electron chi connectivity index (χ3n) is 4.19. The first-order valence-electron chi connectivity index (χ1n) is 8.88. The molecule has 0 bridgehead atoms. The summed E-state index contributed by atoms with van der Waals surface area (Å²) in [5.41, 5.74) is 3.59. The summed E-state index contributed by atoms with van der Waals surface area (Å²) in [7, 11) is 3.45. The number of guanidine groups is 1. The van der Waals surface area contributed by atoms with Gasteiger partial charge in [-0.3, -0.25) is 4.99 Å². The fraction of sp³-hybridized carbons (Fsp3) is 0.238. The number of aliphatic imine (C=N–C) groups is 1. The van der Waals surface area contributed by atoms with Crippen molar-refractivity contribution in [3.05, 3.63) is 83.9 Å². The minimum absolute atomic E-state index is 0. The maximum absolute atomic E-state index is 5.26. The number of hydrogen-bond acceptors (Lipinski definition) is 3. The fourth-order valence-corrected chi connectivity index (χ4v) is 2.80. The highest BCUT2D eigenvalue weighted by Gasteiger charge is 2.02. The zero-order valence-corrected chi connectivity index (χ0v) is 18.5. The molecule has 0 fully saturated rings. The molecule has 0 unspecified atom stereocenters. The fourth-order valence-electron chi connectivity index (χ4n) is 2.80. The van der Waals surface area contributed by atoms with Gasteiger partial charge in [0.2, 0.25) is 0 Å². The van der Waals surface area contributed by atoms with E-state index in [2.05, 4.69) is 55.5 Å². The van der Waals surface area contributed by atoms with E-state index in [1.807, 2.05) is 30.7 Å². The highest BCUT2D eigenvalue weighted by atomic mass is 127. The molecule has 3 rings (SSSR count). The molecule has 148 valence electrons. The van der Waals surface area contributed by atoms with Crippen molar-refractivity contribution in [2.75, 3.05) is 14.2 Å². The van der Waals surface area contributed by atoms with Crippen LogP contribution in [0.15, 0.2) is 72.2 Å². The lowest BCUT2D eigenvalue weighted by molar-refractivity contribution is 0.414.